The first-order valence-electron chi connectivity index (χ1n) is 6.04. The van der Waals surface area contributed by atoms with E-state index in [1.807, 2.05) is 0 Å². The molecule has 92 valence electrons. The Balaban J connectivity index is 4.09. The third-order valence-electron chi connectivity index (χ3n) is 2.99. The van der Waals surface area contributed by atoms with E-state index in [4.69, 9.17) is 0 Å². The van der Waals surface area contributed by atoms with Crippen LogP contribution in [0.3, 0.4) is 0 Å². The highest BCUT2D eigenvalue weighted by molar-refractivity contribution is 7.80. The van der Waals surface area contributed by atoms with E-state index in [1.165, 1.54) is 13.0 Å². The first-order chi connectivity index (χ1) is 7.04. The molecule has 0 saturated heterocycles. The SMILES string of the molecule is CCC(CS)CN(CC)C(C)CN(C)C. The Kier molecular flexibility index (Phi) is 8.58. The Labute approximate surface area is 101 Å². The Hall–Kier alpha value is 0.270. The van der Waals surface area contributed by atoms with Crippen LogP contribution >= 0.6 is 12.6 Å². The van der Waals surface area contributed by atoms with Gasteiger partial charge < -0.3 is 4.90 Å². The number of hydrogen-bond donors (Lipinski definition) is 1. The van der Waals surface area contributed by atoms with Gasteiger partial charge in [0.25, 0.3) is 0 Å². The molecular weight excluding hydrogens is 204 g/mol. The molecule has 0 amide bonds. The summed E-state index contributed by atoms with van der Waals surface area (Å²) in [6.07, 6.45) is 1.23. The van der Waals surface area contributed by atoms with Gasteiger partial charge in [-0.15, -0.1) is 0 Å². The molecule has 0 aliphatic carbocycles. The van der Waals surface area contributed by atoms with E-state index >= 15 is 0 Å². The molecule has 0 aliphatic heterocycles. The largest absolute Gasteiger partial charge is 0.308 e. The van der Waals surface area contributed by atoms with Gasteiger partial charge in [-0.3, -0.25) is 4.90 Å². The maximum atomic E-state index is 4.41. The molecule has 2 atom stereocenters. The molecule has 0 fully saturated rings. The van der Waals surface area contributed by atoms with Crippen molar-refractivity contribution in [1.29, 1.82) is 0 Å². The zero-order chi connectivity index (χ0) is 11.8. The van der Waals surface area contributed by atoms with Crippen molar-refractivity contribution in [2.75, 3.05) is 39.5 Å². The van der Waals surface area contributed by atoms with E-state index in [0.717, 1.165) is 24.8 Å². The fraction of sp³-hybridized carbons (Fsp3) is 1.00. The Bertz CT molecular complexity index is 147. The number of likely N-dealkylation sites (N-methyl/N-ethyl adjacent to an activating group) is 2. The van der Waals surface area contributed by atoms with Crippen molar-refractivity contribution in [3.05, 3.63) is 0 Å². The highest BCUT2D eigenvalue weighted by Gasteiger charge is 2.16. The summed E-state index contributed by atoms with van der Waals surface area (Å²) in [7, 11) is 4.28. The summed E-state index contributed by atoms with van der Waals surface area (Å²) in [5.74, 6) is 1.74. The molecule has 0 saturated carbocycles. The maximum Gasteiger partial charge on any atom is 0.0194 e. The van der Waals surface area contributed by atoms with Crippen LogP contribution in [0.4, 0.5) is 0 Å². The molecule has 0 N–H and O–H groups in total. The highest BCUT2D eigenvalue weighted by Crippen LogP contribution is 2.10. The summed E-state index contributed by atoms with van der Waals surface area (Å²) in [4.78, 5) is 4.82. The number of thiol groups is 1. The van der Waals surface area contributed by atoms with Crippen molar-refractivity contribution in [1.82, 2.24) is 9.80 Å². The summed E-state index contributed by atoms with van der Waals surface area (Å²) in [6.45, 7) is 10.3. The summed E-state index contributed by atoms with van der Waals surface area (Å²) >= 11 is 4.41. The minimum atomic E-state index is 0.638. The zero-order valence-electron chi connectivity index (χ0n) is 11.0. The molecule has 3 heteroatoms. The first-order valence-corrected chi connectivity index (χ1v) is 6.67. The van der Waals surface area contributed by atoms with Crippen molar-refractivity contribution in [3.8, 4) is 0 Å². The van der Waals surface area contributed by atoms with Gasteiger partial charge in [0.05, 0.1) is 0 Å². The van der Waals surface area contributed by atoms with Crippen molar-refractivity contribution in [2.24, 2.45) is 5.92 Å². The fourth-order valence-electron chi connectivity index (χ4n) is 1.91. The van der Waals surface area contributed by atoms with Crippen LogP contribution in [0.25, 0.3) is 0 Å². The van der Waals surface area contributed by atoms with Crippen molar-refractivity contribution in [3.63, 3.8) is 0 Å². The third kappa shape index (κ3) is 6.44. The monoisotopic (exact) mass is 232 g/mol. The second kappa shape index (κ2) is 8.43. The van der Waals surface area contributed by atoms with Gasteiger partial charge >= 0.3 is 0 Å². The molecule has 0 heterocycles. The summed E-state index contributed by atoms with van der Waals surface area (Å²) in [6, 6.07) is 0.638. The van der Waals surface area contributed by atoms with Crippen molar-refractivity contribution >= 4 is 12.6 Å². The Morgan fingerprint density at radius 1 is 1.13 bits per heavy atom. The first kappa shape index (κ1) is 15.3. The van der Waals surface area contributed by atoms with Crippen LogP contribution in [0, 0.1) is 5.92 Å². The zero-order valence-corrected chi connectivity index (χ0v) is 11.9. The minimum Gasteiger partial charge on any atom is -0.308 e. The lowest BCUT2D eigenvalue weighted by atomic mass is 10.1. The second-order valence-corrected chi connectivity index (χ2v) is 5.02. The molecule has 2 nitrogen and oxygen atoms in total. The molecule has 0 aliphatic rings. The maximum absolute atomic E-state index is 4.41. The van der Waals surface area contributed by atoms with Gasteiger partial charge in [0.2, 0.25) is 0 Å². The number of nitrogens with zero attached hydrogens (tertiary/aromatic N) is 2. The smallest absolute Gasteiger partial charge is 0.0194 e. The number of hydrogen-bond acceptors (Lipinski definition) is 3. The lowest BCUT2D eigenvalue weighted by Gasteiger charge is -2.32. The predicted molar refractivity (Wildman–Crippen MR) is 72.9 cm³/mol. The quantitative estimate of drug-likeness (QED) is 0.641. The van der Waals surface area contributed by atoms with E-state index in [1.54, 1.807) is 0 Å². The lowest BCUT2D eigenvalue weighted by molar-refractivity contribution is 0.160. The van der Waals surface area contributed by atoms with Crippen molar-refractivity contribution < 1.29 is 0 Å². The Morgan fingerprint density at radius 3 is 2.07 bits per heavy atom. The molecule has 15 heavy (non-hydrogen) atoms. The normalized spacial score (nSPS) is 16.0. The van der Waals surface area contributed by atoms with E-state index in [-0.39, 0.29) is 0 Å². The average molecular weight is 232 g/mol. The lowest BCUT2D eigenvalue weighted by Crippen LogP contribution is -2.42. The molecule has 2 unspecified atom stereocenters. The van der Waals surface area contributed by atoms with Gasteiger partial charge in [-0.1, -0.05) is 20.3 Å². The van der Waals surface area contributed by atoms with Crippen LogP contribution in [0.5, 0.6) is 0 Å². The van der Waals surface area contributed by atoms with E-state index in [9.17, 15) is 0 Å². The fourth-order valence-corrected chi connectivity index (χ4v) is 2.29. The standard InChI is InChI=1S/C12H28N2S/c1-6-12(10-15)9-14(7-2)11(3)8-13(4)5/h11-12,15H,6-10H2,1-5H3. The van der Waals surface area contributed by atoms with Crippen LogP contribution in [0.1, 0.15) is 27.2 Å². The molecule has 0 aromatic rings. The van der Waals surface area contributed by atoms with Crippen LogP contribution in [-0.4, -0.2) is 55.3 Å². The van der Waals surface area contributed by atoms with Gasteiger partial charge in [0.15, 0.2) is 0 Å². The van der Waals surface area contributed by atoms with Crippen LogP contribution in [-0.2, 0) is 0 Å². The molecular formula is C12H28N2S. The van der Waals surface area contributed by atoms with Gasteiger partial charge in [-0.2, -0.15) is 12.6 Å². The summed E-state index contributed by atoms with van der Waals surface area (Å²) in [5, 5.41) is 0. The Morgan fingerprint density at radius 2 is 1.73 bits per heavy atom. The predicted octanol–water partition coefficient (Wildman–Crippen LogP) is 2.21. The van der Waals surface area contributed by atoms with Crippen molar-refractivity contribution in [2.45, 2.75) is 33.2 Å². The highest BCUT2D eigenvalue weighted by atomic mass is 32.1. The molecule has 0 aromatic carbocycles. The molecule has 0 rings (SSSR count). The topological polar surface area (TPSA) is 6.48 Å². The van der Waals surface area contributed by atoms with Gasteiger partial charge in [-0.25, -0.2) is 0 Å². The minimum absolute atomic E-state index is 0.638. The molecule has 0 spiro atoms. The second-order valence-electron chi connectivity index (χ2n) is 4.66. The van der Waals surface area contributed by atoms with E-state index in [0.29, 0.717) is 6.04 Å². The third-order valence-corrected chi connectivity index (χ3v) is 3.50. The van der Waals surface area contributed by atoms with Gasteiger partial charge in [-0.05, 0) is 39.2 Å². The molecule has 0 aromatic heterocycles. The molecule has 0 radical (unpaired) electrons. The number of rotatable bonds is 8. The van der Waals surface area contributed by atoms with E-state index < -0.39 is 0 Å². The van der Waals surface area contributed by atoms with Crippen LogP contribution < -0.4 is 0 Å². The molecule has 0 bridgehead atoms. The summed E-state index contributed by atoms with van der Waals surface area (Å²) in [5.41, 5.74) is 0. The van der Waals surface area contributed by atoms with Crippen LogP contribution in [0.2, 0.25) is 0 Å². The van der Waals surface area contributed by atoms with Crippen LogP contribution in [0.15, 0.2) is 0 Å². The van der Waals surface area contributed by atoms with Gasteiger partial charge in [0, 0.05) is 19.1 Å². The van der Waals surface area contributed by atoms with E-state index in [2.05, 4.69) is 57.3 Å². The van der Waals surface area contributed by atoms with Gasteiger partial charge in [0.1, 0.15) is 0 Å². The summed E-state index contributed by atoms with van der Waals surface area (Å²) < 4.78 is 0. The average Bonchev–Trinajstić information content (AvgIpc) is 2.18.